The average molecular weight is 390 g/mol. The van der Waals surface area contributed by atoms with Gasteiger partial charge in [0.15, 0.2) is 0 Å². The maximum absolute atomic E-state index is 12.7. The van der Waals surface area contributed by atoms with Gasteiger partial charge in [0.05, 0.1) is 17.8 Å². The van der Waals surface area contributed by atoms with E-state index in [-0.39, 0.29) is 17.9 Å². The first-order valence-corrected chi connectivity index (χ1v) is 9.36. The van der Waals surface area contributed by atoms with Crippen molar-refractivity contribution in [2.24, 2.45) is 0 Å². The fourth-order valence-electron chi connectivity index (χ4n) is 3.38. The molecule has 1 unspecified atom stereocenters. The third-order valence-electron chi connectivity index (χ3n) is 4.82. The van der Waals surface area contributed by atoms with Crippen LogP contribution in [-0.4, -0.2) is 57.4 Å². The number of nitrogens with zero attached hydrogens (tertiary/aromatic N) is 4. The number of amides is 2. The van der Waals surface area contributed by atoms with E-state index < -0.39 is 0 Å². The molecule has 4 rings (SSSR count). The molecule has 1 fully saturated rings. The van der Waals surface area contributed by atoms with Gasteiger partial charge in [-0.15, -0.1) is 5.10 Å². The predicted molar refractivity (Wildman–Crippen MR) is 97.7 cm³/mol. The number of aryl methyl sites for hydroxylation is 1. The van der Waals surface area contributed by atoms with Crippen LogP contribution in [0.25, 0.3) is 0 Å². The molecular formula is C18H20ClN5O3. The van der Waals surface area contributed by atoms with Crippen molar-refractivity contribution in [1.29, 1.82) is 0 Å². The summed E-state index contributed by atoms with van der Waals surface area (Å²) in [6, 6.07) is 4.90. The molecular weight excluding hydrogens is 370 g/mol. The number of halogens is 1. The molecule has 1 N–H and O–H groups in total. The molecule has 0 spiro atoms. The van der Waals surface area contributed by atoms with Crippen molar-refractivity contribution in [2.45, 2.75) is 31.8 Å². The number of fused-ring (bicyclic) bond motifs is 5. The van der Waals surface area contributed by atoms with Crippen LogP contribution in [0.3, 0.4) is 0 Å². The second-order valence-corrected chi connectivity index (χ2v) is 7.20. The highest BCUT2D eigenvalue weighted by Gasteiger charge is 2.28. The van der Waals surface area contributed by atoms with Gasteiger partial charge in [-0.25, -0.2) is 4.68 Å². The zero-order chi connectivity index (χ0) is 18.8. The molecule has 1 aromatic carbocycles. The van der Waals surface area contributed by atoms with Crippen LogP contribution in [0.2, 0.25) is 5.02 Å². The van der Waals surface area contributed by atoms with Gasteiger partial charge in [0.1, 0.15) is 12.4 Å². The second-order valence-electron chi connectivity index (χ2n) is 6.76. The van der Waals surface area contributed by atoms with E-state index in [2.05, 4.69) is 15.6 Å². The van der Waals surface area contributed by atoms with Crippen LogP contribution < -0.4 is 10.1 Å². The molecule has 2 aliphatic heterocycles. The van der Waals surface area contributed by atoms with Gasteiger partial charge in [0, 0.05) is 43.2 Å². The first kappa shape index (κ1) is 17.8. The van der Waals surface area contributed by atoms with Gasteiger partial charge in [0.25, 0.3) is 5.91 Å². The molecule has 3 heterocycles. The summed E-state index contributed by atoms with van der Waals surface area (Å²) in [5.74, 6) is 0.289. The Morgan fingerprint density at radius 1 is 1.22 bits per heavy atom. The number of nitrogens with one attached hydrogen (secondary N) is 1. The molecule has 0 radical (unpaired) electrons. The van der Waals surface area contributed by atoms with E-state index >= 15 is 0 Å². The van der Waals surface area contributed by atoms with Gasteiger partial charge in [0.2, 0.25) is 5.91 Å². The number of hydrogen-bond acceptors (Lipinski definition) is 5. The minimum absolute atomic E-state index is 0.0696. The van der Waals surface area contributed by atoms with Crippen molar-refractivity contribution in [2.75, 3.05) is 19.7 Å². The Kier molecular flexibility index (Phi) is 4.98. The maximum Gasteiger partial charge on any atom is 0.255 e. The largest absolute Gasteiger partial charge is 0.491 e. The standard InChI is InChI=1S/C18H20ClN5O3/c19-12-1-3-16-15(9-12)18(26)20-13-5-6-23(10-13)17(25)4-2-14-11-24(22-21-14)7-8-27-16/h1,3,9,11,13H,2,4-8,10H2,(H,20,26). The van der Waals surface area contributed by atoms with Crippen molar-refractivity contribution < 1.29 is 14.3 Å². The van der Waals surface area contributed by atoms with Gasteiger partial charge in [-0.05, 0) is 24.6 Å². The normalized spacial score (nSPS) is 20.8. The van der Waals surface area contributed by atoms with Crippen LogP contribution in [0.1, 0.15) is 28.9 Å². The minimum atomic E-state index is -0.248. The Morgan fingerprint density at radius 2 is 2.11 bits per heavy atom. The number of ether oxygens (including phenoxy) is 1. The minimum Gasteiger partial charge on any atom is -0.491 e. The molecule has 2 aromatic rings. The third-order valence-corrected chi connectivity index (χ3v) is 5.06. The van der Waals surface area contributed by atoms with Gasteiger partial charge in [-0.3, -0.25) is 9.59 Å². The fraction of sp³-hybridized carbons (Fsp3) is 0.444. The number of hydrogen-bond donors (Lipinski definition) is 1. The number of carbonyl (C=O) groups excluding carboxylic acids is 2. The van der Waals surface area contributed by atoms with Crippen LogP contribution in [0.15, 0.2) is 24.4 Å². The van der Waals surface area contributed by atoms with Crippen molar-refractivity contribution in [1.82, 2.24) is 25.2 Å². The summed E-state index contributed by atoms with van der Waals surface area (Å²) in [6.07, 6.45) is 3.48. The van der Waals surface area contributed by atoms with E-state index in [4.69, 9.17) is 16.3 Å². The van der Waals surface area contributed by atoms with E-state index in [9.17, 15) is 9.59 Å². The zero-order valence-electron chi connectivity index (χ0n) is 14.7. The van der Waals surface area contributed by atoms with Crippen LogP contribution in [0, 0.1) is 0 Å². The summed E-state index contributed by atoms with van der Waals surface area (Å²) in [5, 5.41) is 11.6. The highest BCUT2D eigenvalue weighted by atomic mass is 35.5. The topological polar surface area (TPSA) is 89.4 Å². The molecule has 9 heteroatoms. The van der Waals surface area contributed by atoms with Crippen LogP contribution in [-0.2, 0) is 17.8 Å². The fourth-order valence-corrected chi connectivity index (χ4v) is 3.55. The van der Waals surface area contributed by atoms with E-state index in [1.165, 1.54) is 0 Å². The summed E-state index contributed by atoms with van der Waals surface area (Å²) in [6.45, 7) is 1.96. The molecule has 1 aromatic heterocycles. The quantitative estimate of drug-likeness (QED) is 0.733. The monoisotopic (exact) mass is 389 g/mol. The molecule has 0 saturated carbocycles. The summed E-state index contributed by atoms with van der Waals surface area (Å²) in [7, 11) is 0. The Morgan fingerprint density at radius 3 is 3.00 bits per heavy atom. The van der Waals surface area contributed by atoms with Crippen molar-refractivity contribution in [3.63, 3.8) is 0 Å². The summed E-state index contributed by atoms with van der Waals surface area (Å²) >= 11 is 6.07. The molecule has 1 saturated heterocycles. The smallest absolute Gasteiger partial charge is 0.255 e. The van der Waals surface area contributed by atoms with Gasteiger partial charge in [-0.2, -0.15) is 0 Å². The number of rotatable bonds is 0. The SMILES string of the molecule is O=C1NC2CCN(C2)C(=O)CCc2cn(nn2)CCOc2ccc(Cl)cc21. The van der Waals surface area contributed by atoms with Crippen molar-refractivity contribution in [3.05, 3.63) is 40.7 Å². The lowest BCUT2D eigenvalue weighted by atomic mass is 10.1. The Balaban J connectivity index is 1.60. The molecule has 1 atom stereocenters. The van der Waals surface area contributed by atoms with Crippen molar-refractivity contribution in [3.8, 4) is 5.75 Å². The molecule has 8 nitrogen and oxygen atoms in total. The lowest BCUT2D eigenvalue weighted by Gasteiger charge is -2.18. The zero-order valence-corrected chi connectivity index (χ0v) is 15.5. The number of carbonyl (C=O) groups is 2. The Hall–Kier alpha value is -2.61. The Labute approximate surface area is 161 Å². The summed E-state index contributed by atoms with van der Waals surface area (Å²) in [4.78, 5) is 27.0. The highest BCUT2D eigenvalue weighted by molar-refractivity contribution is 6.31. The van der Waals surface area contributed by atoms with E-state index in [0.29, 0.717) is 55.4 Å². The molecule has 142 valence electrons. The lowest BCUT2D eigenvalue weighted by molar-refractivity contribution is -0.130. The van der Waals surface area contributed by atoms with E-state index in [1.807, 2.05) is 6.20 Å². The van der Waals surface area contributed by atoms with Gasteiger partial charge >= 0.3 is 0 Å². The predicted octanol–water partition coefficient (Wildman–Crippen LogP) is 1.29. The van der Waals surface area contributed by atoms with Crippen molar-refractivity contribution >= 4 is 23.4 Å². The summed E-state index contributed by atoms with van der Waals surface area (Å²) < 4.78 is 7.48. The molecule has 0 aliphatic carbocycles. The molecule has 2 amide bonds. The third kappa shape index (κ3) is 4.05. The average Bonchev–Trinajstić information content (AvgIpc) is 3.30. The van der Waals surface area contributed by atoms with Crippen LogP contribution >= 0.6 is 11.6 Å². The summed E-state index contributed by atoms with van der Waals surface area (Å²) in [5.41, 5.74) is 1.17. The molecule has 27 heavy (non-hydrogen) atoms. The highest BCUT2D eigenvalue weighted by Crippen LogP contribution is 2.24. The molecule has 4 bridgehead atoms. The van der Waals surface area contributed by atoms with E-state index in [1.54, 1.807) is 27.8 Å². The molecule has 2 aliphatic rings. The number of aromatic nitrogens is 3. The Bertz CT molecular complexity index is 868. The van der Waals surface area contributed by atoms with Crippen LogP contribution in [0.5, 0.6) is 5.75 Å². The number of benzene rings is 1. The lowest BCUT2D eigenvalue weighted by Crippen LogP contribution is -2.38. The second kappa shape index (κ2) is 7.56. The first-order valence-electron chi connectivity index (χ1n) is 8.98. The maximum atomic E-state index is 12.7. The van der Waals surface area contributed by atoms with Crippen LogP contribution in [0.4, 0.5) is 0 Å². The first-order chi connectivity index (χ1) is 13.1. The van der Waals surface area contributed by atoms with E-state index in [0.717, 1.165) is 12.1 Å². The van der Waals surface area contributed by atoms with Gasteiger partial charge in [-0.1, -0.05) is 16.8 Å². The van der Waals surface area contributed by atoms with Gasteiger partial charge < -0.3 is 15.0 Å².